The number of pyridine rings is 1. The highest BCUT2D eigenvalue weighted by molar-refractivity contribution is 7.09. The van der Waals surface area contributed by atoms with Gasteiger partial charge in [-0.05, 0) is 13.8 Å². The Morgan fingerprint density at radius 1 is 1.52 bits per heavy atom. The molecule has 2 heterocycles. The topological polar surface area (TPSA) is 75.3 Å². The zero-order chi connectivity index (χ0) is 15.6. The Balaban J connectivity index is 2.23. The van der Waals surface area contributed by atoms with Crippen molar-refractivity contribution in [1.82, 2.24) is 14.9 Å². The van der Waals surface area contributed by atoms with E-state index < -0.39 is 0 Å². The van der Waals surface area contributed by atoms with E-state index in [0.717, 1.165) is 10.7 Å². The predicted octanol–water partition coefficient (Wildman–Crippen LogP) is 1.98. The van der Waals surface area contributed by atoms with Crippen LogP contribution in [0.15, 0.2) is 22.4 Å². The summed E-state index contributed by atoms with van der Waals surface area (Å²) in [5.41, 5.74) is 0.828. The lowest BCUT2D eigenvalue weighted by Crippen LogP contribution is -2.31. The smallest absolute Gasteiger partial charge is 0.270 e. The van der Waals surface area contributed by atoms with Crippen molar-refractivity contribution in [2.45, 2.75) is 19.9 Å². The van der Waals surface area contributed by atoms with Gasteiger partial charge in [-0.3, -0.25) is 9.59 Å². The molecule has 0 saturated heterocycles. The lowest BCUT2D eigenvalue weighted by atomic mass is 10.2. The van der Waals surface area contributed by atoms with Crippen LogP contribution >= 0.6 is 11.3 Å². The average molecular weight is 307 g/mol. The van der Waals surface area contributed by atoms with Gasteiger partial charge in [0.2, 0.25) is 5.43 Å². The molecule has 0 unspecified atom stereocenters. The maximum atomic E-state index is 12.4. The van der Waals surface area contributed by atoms with Crippen LogP contribution in [0.3, 0.4) is 0 Å². The number of hydrogen-bond donors (Lipinski definition) is 1. The maximum absolute atomic E-state index is 12.4. The van der Waals surface area contributed by atoms with Crippen LogP contribution in [-0.2, 0) is 0 Å². The van der Waals surface area contributed by atoms with Crippen molar-refractivity contribution in [2.24, 2.45) is 0 Å². The van der Waals surface area contributed by atoms with E-state index in [-0.39, 0.29) is 28.8 Å². The maximum Gasteiger partial charge on any atom is 0.270 e. The van der Waals surface area contributed by atoms with Crippen molar-refractivity contribution in [3.63, 3.8) is 0 Å². The van der Waals surface area contributed by atoms with Crippen molar-refractivity contribution in [3.8, 4) is 5.75 Å². The van der Waals surface area contributed by atoms with Gasteiger partial charge >= 0.3 is 0 Å². The molecular weight excluding hydrogens is 290 g/mol. The lowest BCUT2D eigenvalue weighted by molar-refractivity contribution is 0.0736. The highest BCUT2D eigenvalue weighted by Gasteiger charge is 2.22. The van der Waals surface area contributed by atoms with Crippen LogP contribution in [0.4, 0.5) is 0 Å². The molecule has 1 amide bonds. The van der Waals surface area contributed by atoms with Crippen LogP contribution in [0.25, 0.3) is 0 Å². The van der Waals surface area contributed by atoms with Gasteiger partial charge in [0.25, 0.3) is 5.91 Å². The molecule has 1 N–H and O–H groups in total. The average Bonchev–Trinajstić information content (AvgIpc) is 2.91. The van der Waals surface area contributed by atoms with Crippen LogP contribution < -0.4 is 10.2 Å². The fourth-order valence-corrected chi connectivity index (χ4v) is 2.73. The molecule has 112 valence electrons. The predicted molar refractivity (Wildman–Crippen MR) is 81.0 cm³/mol. The number of rotatable bonds is 4. The van der Waals surface area contributed by atoms with E-state index in [2.05, 4.69) is 9.97 Å². The summed E-state index contributed by atoms with van der Waals surface area (Å²) in [6, 6.07) is 1.08. The highest BCUT2D eigenvalue weighted by Crippen LogP contribution is 2.23. The third-order valence-corrected chi connectivity index (χ3v) is 4.36. The number of hydrogen-bond acceptors (Lipinski definition) is 5. The zero-order valence-corrected chi connectivity index (χ0v) is 13.2. The molecule has 0 aliphatic rings. The molecule has 0 aliphatic heterocycles. The first kappa shape index (κ1) is 15.2. The number of aromatic amines is 1. The molecule has 0 radical (unpaired) electrons. The van der Waals surface area contributed by atoms with Crippen LogP contribution in [0, 0.1) is 6.92 Å². The van der Waals surface area contributed by atoms with Crippen LogP contribution in [0.1, 0.15) is 34.2 Å². The first-order valence-electron chi connectivity index (χ1n) is 6.40. The van der Waals surface area contributed by atoms with Gasteiger partial charge < -0.3 is 14.6 Å². The van der Waals surface area contributed by atoms with E-state index in [1.807, 2.05) is 19.2 Å². The van der Waals surface area contributed by atoms with Crippen molar-refractivity contribution in [1.29, 1.82) is 0 Å². The Morgan fingerprint density at radius 2 is 2.24 bits per heavy atom. The highest BCUT2D eigenvalue weighted by atomic mass is 32.1. The van der Waals surface area contributed by atoms with Crippen LogP contribution in [-0.4, -0.2) is 34.9 Å². The minimum absolute atomic E-state index is 0.165. The molecule has 0 saturated carbocycles. The van der Waals surface area contributed by atoms with Crippen molar-refractivity contribution in [2.75, 3.05) is 14.2 Å². The summed E-state index contributed by atoms with van der Waals surface area (Å²) in [6.07, 6.45) is 1.39. The van der Waals surface area contributed by atoms with Gasteiger partial charge in [-0.15, -0.1) is 11.3 Å². The van der Waals surface area contributed by atoms with Gasteiger partial charge in [0, 0.05) is 30.4 Å². The minimum atomic E-state index is -0.328. The fraction of sp³-hybridized carbons (Fsp3) is 0.357. The molecule has 2 rings (SSSR count). The zero-order valence-electron chi connectivity index (χ0n) is 12.3. The van der Waals surface area contributed by atoms with E-state index in [4.69, 9.17) is 4.74 Å². The van der Waals surface area contributed by atoms with Gasteiger partial charge in [-0.1, -0.05) is 0 Å². The molecule has 6 nitrogen and oxygen atoms in total. The van der Waals surface area contributed by atoms with Crippen molar-refractivity contribution in [3.05, 3.63) is 44.3 Å². The third-order valence-electron chi connectivity index (χ3n) is 3.22. The molecular formula is C14H17N3O3S. The summed E-state index contributed by atoms with van der Waals surface area (Å²) in [4.78, 5) is 32.8. The Morgan fingerprint density at radius 3 is 2.76 bits per heavy atom. The van der Waals surface area contributed by atoms with E-state index in [0.29, 0.717) is 0 Å². The standard InChI is InChI=1S/C14H17N3O3S/c1-8-7-21-13(16-8)9(2)17(3)14(19)10-5-11(18)12(20-4)6-15-10/h5-7,9H,1-4H3,(H,15,18)/t9-/m0/s1. The number of nitrogens with one attached hydrogen (secondary N) is 1. The van der Waals surface area contributed by atoms with Crippen LogP contribution in [0.2, 0.25) is 0 Å². The minimum Gasteiger partial charge on any atom is -0.491 e. The molecule has 0 aromatic carbocycles. The first-order chi connectivity index (χ1) is 9.93. The van der Waals surface area contributed by atoms with Crippen LogP contribution in [0.5, 0.6) is 5.75 Å². The second kappa shape index (κ2) is 6.09. The van der Waals surface area contributed by atoms with E-state index in [1.54, 1.807) is 11.9 Å². The van der Waals surface area contributed by atoms with Gasteiger partial charge in [-0.2, -0.15) is 0 Å². The van der Waals surface area contributed by atoms with E-state index >= 15 is 0 Å². The molecule has 2 aromatic rings. The van der Waals surface area contributed by atoms with Gasteiger partial charge in [0.15, 0.2) is 5.75 Å². The molecule has 1 atom stereocenters. The second-order valence-corrected chi connectivity index (χ2v) is 5.59. The number of aromatic nitrogens is 2. The monoisotopic (exact) mass is 307 g/mol. The quantitative estimate of drug-likeness (QED) is 0.937. The third kappa shape index (κ3) is 3.13. The molecule has 7 heteroatoms. The van der Waals surface area contributed by atoms with Crippen molar-refractivity contribution < 1.29 is 9.53 Å². The van der Waals surface area contributed by atoms with Crippen molar-refractivity contribution >= 4 is 17.2 Å². The number of thiazole rings is 1. The number of nitrogens with zero attached hydrogens (tertiary/aromatic N) is 2. The largest absolute Gasteiger partial charge is 0.491 e. The normalized spacial score (nSPS) is 12.0. The number of methoxy groups -OCH3 is 1. The summed E-state index contributed by atoms with van der Waals surface area (Å²) < 4.78 is 4.88. The van der Waals surface area contributed by atoms with Gasteiger partial charge in [-0.25, -0.2) is 4.98 Å². The van der Waals surface area contributed by atoms with E-state index in [1.165, 1.54) is 30.7 Å². The summed E-state index contributed by atoms with van der Waals surface area (Å²) >= 11 is 1.51. The molecule has 0 aliphatic carbocycles. The first-order valence-corrected chi connectivity index (χ1v) is 7.28. The Labute approximate surface area is 126 Å². The summed E-state index contributed by atoms with van der Waals surface area (Å²) in [7, 11) is 3.09. The molecule has 21 heavy (non-hydrogen) atoms. The fourth-order valence-electron chi connectivity index (χ4n) is 1.84. The van der Waals surface area contributed by atoms with Gasteiger partial charge in [0.1, 0.15) is 10.7 Å². The molecule has 0 bridgehead atoms. The lowest BCUT2D eigenvalue weighted by Gasteiger charge is -2.23. The van der Waals surface area contributed by atoms with E-state index in [9.17, 15) is 9.59 Å². The Bertz CT molecular complexity index is 707. The molecule has 2 aromatic heterocycles. The Kier molecular flexibility index (Phi) is 4.42. The SMILES string of the molecule is COc1c[nH]c(C(=O)N(C)[C@@H](C)c2nc(C)cs2)cc1=O. The number of carbonyl (C=O) groups is 1. The number of amides is 1. The number of carbonyl (C=O) groups excluding carboxylic acids is 1. The summed E-state index contributed by atoms with van der Waals surface area (Å²) in [6.45, 7) is 3.81. The summed E-state index contributed by atoms with van der Waals surface area (Å²) in [5.74, 6) is -0.0899. The number of ether oxygens (including phenoxy) is 1. The Hall–Kier alpha value is -2.15. The molecule has 0 fully saturated rings. The molecule has 0 spiro atoms. The summed E-state index contributed by atoms with van der Waals surface area (Å²) in [5, 5.41) is 2.80. The number of H-pyrrole nitrogens is 1. The second-order valence-electron chi connectivity index (χ2n) is 4.70. The number of aryl methyl sites for hydroxylation is 1. The van der Waals surface area contributed by atoms with Gasteiger partial charge in [0.05, 0.1) is 13.2 Å².